The molecule has 6 rings (SSSR count). The Morgan fingerprint density at radius 1 is 1.16 bits per heavy atom. The van der Waals surface area contributed by atoms with Gasteiger partial charge in [-0.1, -0.05) is 18.2 Å². The van der Waals surface area contributed by atoms with Crippen LogP contribution < -0.4 is 5.73 Å². The Labute approximate surface area is 211 Å². The van der Waals surface area contributed by atoms with Crippen molar-refractivity contribution in [3.63, 3.8) is 0 Å². The zero-order valence-electron chi connectivity index (χ0n) is 20.0. The van der Waals surface area contributed by atoms with Gasteiger partial charge in [0.25, 0.3) is 0 Å². The molecule has 2 N–H and O–H groups in total. The van der Waals surface area contributed by atoms with Gasteiger partial charge in [0.05, 0.1) is 23.9 Å². The molecule has 2 aromatic heterocycles. The number of rotatable bonds is 7. The summed E-state index contributed by atoms with van der Waals surface area (Å²) in [5, 5.41) is 4.22. The first-order valence-corrected chi connectivity index (χ1v) is 12.4. The number of fused-ring (bicyclic) bond motifs is 2. The third kappa shape index (κ3) is 4.60. The van der Waals surface area contributed by atoms with E-state index in [1.54, 1.807) is 18.3 Å². The molecule has 1 aliphatic heterocycles. The molecule has 0 radical (unpaired) electrons. The summed E-state index contributed by atoms with van der Waals surface area (Å²) in [6.45, 7) is 0.594. The Hall–Kier alpha value is -3.69. The molecule has 2 fully saturated rings. The molecule has 1 aromatic carbocycles. The Morgan fingerprint density at radius 3 is 2.76 bits per heavy atom. The molecule has 3 atom stereocenters. The van der Waals surface area contributed by atoms with Gasteiger partial charge in [-0.3, -0.25) is 14.3 Å². The molecule has 3 heterocycles. The van der Waals surface area contributed by atoms with Crippen molar-refractivity contribution in [3.05, 3.63) is 76.2 Å². The monoisotopic (exact) mass is 509 g/mol. The fourth-order valence-electron chi connectivity index (χ4n) is 5.73. The normalized spacial score (nSPS) is 22.3. The molecule has 7 nitrogen and oxygen atoms in total. The Kier molecular flexibility index (Phi) is 5.58. The lowest BCUT2D eigenvalue weighted by Gasteiger charge is -2.21. The smallest absolute Gasteiger partial charge is 0.384 e. The minimum absolute atomic E-state index is 0.00390. The number of aryl methyl sites for hydroxylation is 1. The fourth-order valence-corrected chi connectivity index (χ4v) is 5.73. The van der Waals surface area contributed by atoms with E-state index in [1.165, 1.54) is 21.8 Å². The predicted molar refractivity (Wildman–Crippen MR) is 128 cm³/mol. The number of nitrogens with two attached hydrogens (primary N) is 1. The van der Waals surface area contributed by atoms with Crippen LogP contribution in [0.4, 0.5) is 19.0 Å². The summed E-state index contributed by atoms with van der Waals surface area (Å²) in [5.41, 5.74) is 7.93. The number of carbonyl (C=O) groups is 2. The van der Waals surface area contributed by atoms with Crippen LogP contribution in [0.1, 0.15) is 63.5 Å². The Balaban J connectivity index is 1.14. The highest BCUT2D eigenvalue weighted by Crippen LogP contribution is 2.46. The van der Waals surface area contributed by atoms with E-state index in [9.17, 15) is 22.8 Å². The summed E-state index contributed by atoms with van der Waals surface area (Å²) in [5.74, 6) is 0.725. The van der Waals surface area contributed by atoms with Crippen LogP contribution in [0.3, 0.4) is 0 Å². The van der Waals surface area contributed by atoms with Crippen LogP contribution in [0.5, 0.6) is 0 Å². The summed E-state index contributed by atoms with van der Waals surface area (Å²) in [6, 6.07) is 7.86. The fraction of sp³-hybridized carbons (Fsp3) is 0.407. The van der Waals surface area contributed by atoms with Gasteiger partial charge < -0.3 is 10.6 Å². The van der Waals surface area contributed by atoms with E-state index in [4.69, 9.17) is 5.73 Å². The molecule has 10 heteroatoms. The van der Waals surface area contributed by atoms with Gasteiger partial charge in [-0.25, -0.2) is 4.98 Å². The van der Waals surface area contributed by atoms with Gasteiger partial charge in [0.2, 0.25) is 5.91 Å². The number of benzene rings is 1. The van der Waals surface area contributed by atoms with E-state index in [-0.39, 0.29) is 42.2 Å². The molecular formula is C27H26F3N5O2. The van der Waals surface area contributed by atoms with Crippen LogP contribution in [-0.2, 0) is 30.5 Å². The van der Waals surface area contributed by atoms with E-state index >= 15 is 0 Å². The van der Waals surface area contributed by atoms with Crippen molar-refractivity contribution in [2.45, 2.75) is 50.9 Å². The molecule has 2 aliphatic carbocycles. The Bertz CT molecular complexity index is 1400. The maximum Gasteiger partial charge on any atom is 0.416 e. The first-order valence-electron chi connectivity index (χ1n) is 12.4. The number of hydrogen-bond acceptors (Lipinski definition) is 5. The van der Waals surface area contributed by atoms with Crippen molar-refractivity contribution in [3.8, 4) is 0 Å². The van der Waals surface area contributed by atoms with Crippen LogP contribution in [0.25, 0.3) is 0 Å². The standard InChI is InChI=1S/C27H26F3N5O2/c28-27(29,30)22-7-15(1-2-17(22)12-34-13-18-8-21(18)26(34)37)11-35-14-19(10-32-35)24(36)9-16-3-5-23-20(16)4-6-25(31)33-23/h1-2,4,6-7,10,14,16,18,21H,3,5,8-9,11-13H2,(H2,31,33)/t16-,18?,21?/m0/s1. The SMILES string of the molecule is Nc1ccc2c(n1)CC[C@H]2CC(=O)c1cnn(Cc2ccc(CN3CC4CC4C3=O)c(C(F)(F)F)c2)c1. The molecule has 1 amide bonds. The molecule has 0 spiro atoms. The quantitative estimate of drug-likeness (QED) is 0.482. The number of nitrogens with zero attached hydrogens (tertiary/aromatic N) is 4. The largest absolute Gasteiger partial charge is 0.416 e. The number of likely N-dealkylation sites (tertiary alicyclic amines) is 1. The minimum Gasteiger partial charge on any atom is -0.384 e. The predicted octanol–water partition coefficient (Wildman–Crippen LogP) is 4.21. The van der Waals surface area contributed by atoms with Crippen LogP contribution in [0.15, 0.2) is 42.7 Å². The van der Waals surface area contributed by atoms with Crippen LogP contribution >= 0.6 is 0 Å². The number of Topliss-reactive ketones (excluding diaryl/α,β-unsaturated/α-hetero) is 1. The minimum atomic E-state index is -4.54. The molecule has 1 saturated carbocycles. The number of hydrogen-bond donors (Lipinski definition) is 1. The van der Waals surface area contributed by atoms with Crippen molar-refractivity contribution < 1.29 is 22.8 Å². The number of amides is 1. The van der Waals surface area contributed by atoms with E-state index in [1.807, 2.05) is 6.07 Å². The number of anilines is 1. The highest BCUT2D eigenvalue weighted by Gasteiger charge is 2.52. The third-order valence-electron chi connectivity index (χ3n) is 7.78. The number of alkyl halides is 3. The van der Waals surface area contributed by atoms with Gasteiger partial charge in [0, 0.05) is 37.3 Å². The summed E-state index contributed by atoms with van der Waals surface area (Å²) in [7, 11) is 0. The molecular weight excluding hydrogens is 483 g/mol. The number of carbonyl (C=O) groups excluding carboxylic acids is 2. The molecule has 3 aliphatic rings. The summed E-state index contributed by atoms with van der Waals surface area (Å²) in [6.07, 6.45) is 1.27. The lowest BCUT2D eigenvalue weighted by molar-refractivity contribution is -0.139. The summed E-state index contributed by atoms with van der Waals surface area (Å²) in [4.78, 5) is 31.1. The first-order chi connectivity index (χ1) is 17.7. The second-order valence-corrected chi connectivity index (χ2v) is 10.4. The second-order valence-electron chi connectivity index (χ2n) is 10.4. The van der Waals surface area contributed by atoms with Gasteiger partial charge in [-0.15, -0.1) is 0 Å². The molecule has 2 unspecified atom stereocenters. The molecule has 3 aromatic rings. The van der Waals surface area contributed by atoms with E-state index in [0.29, 0.717) is 35.8 Å². The molecule has 37 heavy (non-hydrogen) atoms. The highest BCUT2D eigenvalue weighted by molar-refractivity contribution is 5.96. The van der Waals surface area contributed by atoms with Gasteiger partial charge in [-0.2, -0.15) is 18.3 Å². The Morgan fingerprint density at radius 2 is 2.00 bits per heavy atom. The topological polar surface area (TPSA) is 94.1 Å². The zero-order valence-corrected chi connectivity index (χ0v) is 20.0. The molecule has 192 valence electrons. The second kappa shape index (κ2) is 8.71. The molecule has 0 bridgehead atoms. The number of nitrogen functional groups attached to an aromatic ring is 1. The maximum absolute atomic E-state index is 13.9. The van der Waals surface area contributed by atoms with Crippen molar-refractivity contribution in [2.24, 2.45) is 11.8 Å². The van der Waals surface area contributed by atoms with Crippen molar-refractivity contribution in [1.29, 1.82) is 0 Å². The average molecular weight is 510 g/mol. The maximum atomic E-state index is 13.9. The summed E-state index contributed by atoms with van der Waals surface area (Å²) < 4.78 is 43.1. The third-order valence-corrected chi connectivity index (χ3v) is 7.78. The van der Waals surface area contributed by atoms with Crippen molar-refractivity contribution >= 4 is 17.5 Å². The van der Waals surface area contributed by atoms with Crippen LogP contribution in [0.2, 0.25) is 0 Å². The lowest BCUT2D eigenvalue weighted by Crippen LogP contribution is -2.29. The number of halogens is 3. The number of aromatic nitrogens is 3. The highest BCUT2D eigenvalue weighted by atomic mass is 19.4. The van der Waals surface area contributed by atoms with E-state index < -0.39 is 11.7 Å². The van der Waals surface area contributed by atoms with Gasteiger partial charge in [-0.05, 0) is 59.9 Å². The molecule has 1 saturated heterocycles. The first kappa shape index (κ1) is 23.7. The van der Waals surface area contributed by atoms with E-state index in [0.717, 1.165) is 36.6 Å². The van der Waals surface area contributed by atoms with Crippen molar-refractivity contribution in [2.75, 3.05) is 12.3 Å². The average Bonchev–Trinajstić information content (AvgIpc) is 3.13. The van der Waals surface area contributed by atoms with Crippen LogP contribution in [-0.4, -0.2) is 37.9 Å². The number of ketones is 1. The van der Waals surface area contributed by atoms with Gasteiger partial charge in [0.1, 0.15) is 5.82 Å². The number of piperidine rings is 1. The number of pyridine rings is 1. The zero-order chi connectivity index (χ0) is 25.9. The lowest BCUT2D eigenvalue weighted by atomic mass is 9.95. The van der Waals surface area contributed by atoms with Crippen LogP contribution in [0, 0.1) is 11.8 Å². The van der Waals surface area contributed by atoms with Crippen molar-refractivity contribution in [1.82, 2.24) is 19.7 Å². The van der Waals surface area contributed by atoms with Gasteiger partial charge >= 0.3 is 6.18 Å². The van der Waals surface area contributed by atoms with Gasteiger partial charge in [0.15, 0.2) is 5.78 Å². The summed E-state index contributed by atoms with van der Waals surface area (Å²) >= 11 is 0. The van der Waals surface area contributed by atoms with E-state index in [2.05, 4.69) is 10.1 Å².